The van der Waals surface area contributed by atoms with Crippen molar-refractivity contribution in [3.05, 3.63) is 65.2 Å². The standard InChI is InChI=1S/C29H39NO2S/c1-20-10-13-22(14-11-20)33(31,32)30-26-17-19-29(5)24(27(26,2)3)16-18-28(4)23-9-7-6-8-21(23)12-15-25(28)29/h6-11,13-14,24-26,30H,12,15-19H2,1-5H3/t24-,25-,26-,28-,29-/m0/s1. The first kappa shape index (κ1) is 23.1. The summed E-state index contributed by atoms with van der Waals surface area (Å²) in [6.07, 6.45) is 6.76. The molecule has 3 aliphatic rings. The second-order valence-electron chi connectivity index (χ2n) is 12.1. The van der Waals surface area contributed by atoms with Crippen LogP contribution in [0, 0.1) is 29.6 Å². The number of nitrogens with one attached hydrogen (secondary N) is 1. The van der Waals surface area contributed by atoms with Gasteiger partial charge in [0.1, 0.15) is 0 Å². The normalized spacial score (nSPS) is 35.2. The quantitative estimate of drug-likeness (QED) is 0.570. The zero-order valence-electron chi connectivity index (χ0n) is 20.8. The fourth-order valence-corrected chi connectivity index (χ4v) is 9.74. The molecule has 4 heteroatoms. The van der Waals surface area contributed by atoms with Crippen LogP contribution in [0.4, 0.5) is 0 Å². The van der Waals surface area contributed by atoms with Gasteiger partial charge in [-0.2, -0.15) is 0 Å². The Bertz CT molecular complexity index is 1150. The predicted octanol–water partition coefficient (Wildman–Crippen LogP) is 6.40. The van der Waals surface area contributed by atoms with Crippen LogP contribution in [-0.4, -0.2) is 14.5 Å². The third-order valence-electron chi connectivity index (χ3n) is 10.0. The molecule has 0 aliphatic heterocycles. The van der Waals surface area contributed by atoms with E-state index in [2.05, 4.69) is 56.7 Å². The van der Waals surface area contributed by atoms with Crippen molar-refractivity contribution < 1.29 is 8.42 Å². The Kier molecular flexibility index (Phi) is 5.38. The highest BCUT2D eigenvalue weighted by atomic mass is 32.2. The van der Waals surface area contributed by atoms with Gasteiger partial charge in [-0.05, 0) is 96.8 Å². The molecule has 178 valence electrons. The first-order valence-corrected chi connectivity index (χ1v) is 14.1. The number of fused-ring (bicyclic) bond motifs is 5. The van der Waals surface area contributed by atoms with Crippen LogP contribution in [0.1, 0.15) is 76.5 Å². The van der Waals surface area contributed by atoms with E-state index < -0.39 is 10.0 Å². The average molecular weight is 466 g/mol. The van der Waals surface area contributed by atoms with Crippen LogP contribution in [0.2, 0.25) is 0 Å². The van der Waals surface area contributed by atoms with Gasteiger partial charge in [0.05, 0.1) is 4.90 Å². The van der Waals surface area contributed by atoms with Crippen molar-refractivity contribution in [2.45, 2.75) is 89.5 Å². The predicted molar refractivity (Wildman–Crippen MR) is 135 cm³/mol. The molecule has 0 spiro atoms. The monoisotopic (exact) mass is 465 g/mol. The third kappa shape index (κ3) is 3.51. The van der Waals surface area contributed by atoms with Gasteiger partial charge in [0.15, 0.2) is 0 Å². The number of aryl methyl sites for hydroxylation is 2. The molecule has 2 saturated carbocycles. The molecule has 0 saturated heterocycles. The minimum atomic E-state index is -3.53. The molecule has 3 aliphatic carbocycles. The van der Waals surface area contributed by atoms with Crippen LogP contribution in [0.5, 0.6) is 0 Å². The highest BCUT2D eigenvalue weighted by Crippen LogP contribution is 2.66. The van der Waals surface area contributed by atoms with Gasteiger partial charge >= 0.3 is 0 Å². The Labute approximate surface area is 200 Å². The van der Waals surface area contributed by atoms with Crippen molar-refractivity contribution >= 4 is 10.0 Å². The zero-order chi connectivity index (χ0) is 23.6. The van der Waals surface area contributed by atoms with Gasteiger partial charge in [-0.25, -0.2) is 13.1 Å². The van der Waals surface area contributed by atoms with E-state index in [0.717, 1.165) is 24.8 Å². The van der Waals surface area contributed by atoms with Gasteiger partial charge in [0.25, 0.3) is 0 Å². The van der Waals surface area contributed by atoms with Gasteiger partial charge in [-0.1, -0.05) is 69.7 Å². The Morgan fingerprint density at radius 3 is 2.27 bits per heavy atom. The SMILES string of the molecule is Cc1ccc(S(=O)(=O)N[C@H]2CC[C@]3(C)[C@H]4CCc5ccccc5[C@]4(C)CC[C@H]3C2(C)C)cc1. The Morgan fingerprint density at radius 1 is 0.848 bits per heavy atom. The summed E-state index contributed by atoms with van der Waals surface area (Å²) < 4.78 is 29.6. The molecule has 2 aromatic rings. The van der Waals surface area contributed by atoms with E-state index in [-0.39, 0.29) is 22.3 Å². The van der Waals surface area contributed by atoms with E-state index in [9.17, 15) is 8.42 Å². The maximum absolute atomic E-state index is 13.2. The summed E-state index contributed by atoms with van der Waals surface area (Å²) in [7, 11) is -3.53. The Balaban J connectivity index is 1.44. The van der Waals surface area contributed by atoms with E-state index in [1.807, 2.05) is 19.1 Å². The van der Waals surface area contributed by atoms with Gasteiger partial charge in [0, 0.05) is 6.04 Å². The van der Waals surface area contributed by atoms with Crippen molar-refractivity contribution in [3.63, 3.8) is 0 Å². The topological polar surface area (TPSA) is 46.2 Å². The average Bonchev–Trinajstić information content (AvgIpc) is 2.76. The summed E-state index contributed by atoms with van der Waals surface area (Å²) in [5, 5.41) is 0. The first-order chi connectivity index (χ1) is 15.5. The van der Waals surface area contributed by atoms with Crippen LogP contribution in [0.15, 0.2) is 53.4 Å². The summed E-state index contributed by atoms with van der Waals surface area (Å²) in [6, 6.07) is 16.3. The van der Waals surface area contributed by atoms with Crippen LogP contribution in [-0.2, 0) is 21.9 Å². The highest BCUT2D eigenvalue weighted by molar-refractivity contribution is 7.89. The van der Waals surface area contributed by atoms with Gasteiger partial charge in [-0.15, -0.1) is 0 Å². The highest BCUT2D eigenvalue weighted by Gasteiger charge is 2.61. The lowest BCUT2D eigenvalue weighted by Crippen LogP contribution is -2.63. The number of rotatable bonds is 3. The Hall–Kier alpha value is -1.65. The molecular weight excluding hydrogens is 426 g/mol. The summed E-state index contributed by atoms with van der Waals surface area (Å²) in [5.74, 6) is 1.15. The van der Waals surface area contributed by atoms with Crippen LogP contribution in [0.3, 0.4) is 0 Å². The van der Waals surface area contributed by atoms with Gasteiger partial charge in [0.2, 0.25) is 10.0 Å². The molecule has 2 aromatic carbocycles. The van der Waals surface area contributed by atoms with Gasteiger partial charge in [-0.3, -0.25) is 0 Å². The molecule has 0 heterocycles. The molecule has 2 fully saturated rings. The second-order valence-corrected chi connectivity index (χ2v) is 13.8. The first-order valence-electron chi connectivity index (χ1n) is 12.7. The van der Waals surface area contributed by atoms with E-state index >= 15 is 0 Å². The van der Waals surface area contributed by atoms with Crippen LogP contribution < -0.4 is 4.72 Å². The molecule has 3 nitrogen and oxygen atoms in total. The number of benzene rings is 2. The minimum absolute atomic E-state index is 0.0397. The number of hydrogen-bond acceptors (Lipinski definition) is 2. The van der Waals surface area contributed by atoms with Crippen molar-refractivity contribution in [1.82, 2.24) is 4.72 Å². The van der Waals surface area contributed by atoms with Gasteiger partial charge < -0.3 is 0 Å². The largest absolute Gasteiger partial charge is 0.240 e. The molecule has 5 rings (SSSR count). The summed E-state index contributed by atoms with van der Waals surface area (Å²) in [6.45, 7) is 11.7. The lowest BCUT2D eigenvalue weighted by molar-refractivity contribution is -0.120. The summed E-state index contributed by atoms with van der Waals surface area (Å²) in [4.78, 5) is 0.373. The van der Waals surface area contributed by atoms with E-state index in [1.54, 1.807) is 17.7 Å². The number of sulfonamides is 1. The maximum Gasteiger partial charge on any atom is 0.240 e. The molecule has 0 bridgehead atoms. The van der Waals surface area contributed by atoms with Crippen molar-refractivity contribution in [2.24, 2.45) is 22.7 Å². The van der Waals surface area contributed by atoms with Crippen molar-refractivity contribution in [1.29, 1.82) is 0 Å². The fraction of sp³-hybridized carbons (Fsp3) is 0.586. The van der Waals surface area contributed by atoms with E-state index in [4.69, 9.17) is 0 Å². The number of hydrogen-bond donors (Lipinski definition) is 1. The summed E-state index contributed by atoms with van der Waals surface area (Å²) >= 11 is 0. The van der Waals surface area contributed by atoms with E-state index in [0.29, 0.717) is 16.7 Å². The molecular formula is C29H39NO2S. The van der Waals surface area contributed by atoms with Crippen LogP contribution in [0.25, 0.3) is 0 Å². The molecule has 0 aromatic heterocycles. The molecule has 1 N–H and O–H groups in total. The molecule has 5 atom stereocenters. The maximum atomic E-state index is 13.2. The molecule has 0 amide bonds. The lowest BCUT2D eigenvalue weighted by atomic mass is 9.40. The van der Waals surface area contributed by atoms with Crippen LogP contribution >= 0.6 is 0 Å². The minimum Gasteiger partial charge on any atom is -0.208 e. The van der Waals surface area contributed by atoms with E-state index in [1.165, 1.54) is 24.8 Å². The van der Waals surface area contributed by atoms with Crippen molar-refractivity contribution in [3.8, 4) is 0 Å². The summed E-state index contributed by atoms with van der Waals surface area (Å²) in [5.41, 5.74) is 4.54. The Morgan fingerprint density at radius 2 is 1.55 bits per heavy atom. The lowest BCUT2D eigenvalue weighted by Gasteiger charge is -2.65. The molecule has 33 heavy (non-hydrogen) atoms. The zero-order valence-corrected chi connectivity index (χ0v) is 21.6. The third-order valence-corrected chi connectivity index (χ3v) is 11.5. The second kappa shape index (κ2) is 7.68. The molecule has 0 radical (unpaired) electrons. The van der Waals surface area contributed by atoms with Crippen molar-refractivity contribution in [2.75, 3.05) is 0 Å². The molecule has 0 unspecified atom stereocenters. The fourth-order valence-electron chi connectivity index (χ4n) is 8.31. The smallest absolute Gasteiger partial charge is 0.208 e.